The Morgan fingerprint density at radius 1 is 0.556 bits per heavy atom. The summed E-state index contributed by atoms with van der Waals surface area (Å²) in [5.74, 6) is 0.820. The average Bonchev–Trinajstić information content (AvgIpc) is 3.41. The number of hydrogen-bond acceptors (Lipinski definition) is 2. The first-order valence-electron chi connectivity index (χ1n) is 16.5. The largest absolute Gasteiger partial charge is 0.294 e. The van der Waals surface area contributed by atoms with Crippen molar-refractivity contribution in [3.05, 3.63) is 117 Å². The molecule has 6 rings (SSSR count). The van der Waals surface area contributed by atoms with Gasteiger partial charge in [0.15, 0.2) is 11.6 Å². The van der Waals surface area contributed by atoms with Crippen molar-refractivity contribution < 1.29 is 9.59 Å². The Morgan fingerprint density at radius 2 is 0.978 bits per heavy atom. The molecule has 4 aromatic rings. The lowest BCUT2D eigenvalue weighted by Crippen LogP contribution is -2.16. The summed E-state index contributed by atoms with van der Waals surface area (Å²) in [6, 6.07) is 23.9. The summed E-state index contributed by atoms with van der Waals surface area (Å²) in [7, 11) is 0. The number of aryl methyl sites for hydroxylation is 3. The van der Waals surface area contributed by atoms with E-state index in [9.17, 15) is 9.59 Å². The maximum atomic E-state index is 12.8. The van der Waals surface area contributed by atoms with Gasteiger partial charge in [-0.1, -0.05) is 128 Å². The van der Waals surface area contributed by atoms with Crippen LogP contribution in [0.3, 0.4) is 0 Å². The Hall–Kier alpha value is -3.78. The number of carbonyl (C=O) groups excluding carboxylic acids is 2. The van der Waals surface area contributed by atoms with Crippen molar-refractivity contribution in [1.82, 2.24) is 0 Å². The second-order valence-corrected chi connectivity index (χ2v) is 15.7. The molecule has 0 saturated heterocycles. The van der Waals surface area contributed by atoms with E-state index in [0.717, 1.165) is 35.1 Å². The van der Waals surface area contributed by atoms with Crippen LogP contribution in [0.15, 0.2) is 66.7 Å². The van der Waals surface area contributed by atoms with Crippen LogP contribution in [0.25, 0.3) is 22.3 Å². The van der Waals surface area contributed by atoms with Crippen molar-refractivity contribution in [2.75, 3.05) is 0 Å². The first kappa shape index (κ1) is 32.6. The molecule has 0 heterocycles. The number of benzene rings is 4. The molecule has 0 aliphatic heterocycles. The van der Waals surface area contributed by atoms with Gasteiger partial charge in [-0.2, -0.15) is 0 Å². The number of hydrogen-bond donors (Lipinski definition) is 0. The Balaban J connectivity index is 0.000000182. The van der Waals surface area contributed by atoms with E-state index in [-0.39, 0.29) is 22.7 Å². The fraction of sp³-hybridized carbons (Fsp3) is 0.395. The summed E-state index contributed by atoms with van der Waals surface area (Å²) in [6.07, 6.45) is 1.75. The first-order valence-corrected chi connectivity index (χ1v) is 16.5. The minimum atomic E-state index is 0.0747. The third-order valence-corrected chi connectivity index (χ3v) is 9.66. The van der Waals surface area contributed by atoms with Crippen LogP contribution in [0.1, 0.15) is 115 Å². The number of ketones is 2. The molecule has 0 bridgehead atoms. The number of carbonyl (C=O) groups is 2. The normalized spacial score (nSPS) is 17.6. The van der Waals surface area contributed by atoms with Gasteiger partial charge in [0, 0.05) is 23.0 Å². The van der Waals surface area contributed by atoms with Crippen molar-refractivity contribution in [3.8, 4) is 22.3 Å². The SMILES string of the molecule is CC1Cc2cccc(-c3cc(C(C)(C)C)cc(C(C)(C)C)c3)c2C1=O.Cc1cc(C)c(-c2cccc3c2C(=O)C(C)C3)c(C)c1. The molecule has 2 nitrogen and oxygen atoms in total. The minimum absolute atomic E-state index is 0.0747. The lowest BCUT2D eigenvalue weighted by molar-refractivity contribution is 0.0939. The maximum absolute atomic E-state index is 12.8. The fourth-order valence-electron chi connectivity index (χ4n) is 7.16. The average molecular weight is 599 g/mol. The molecule has 0 N–H and O–H groups in total. The highest BCUT2D eigenvalue weighted by Gasteiger charge is 2.31. The van der Waals surface area contributed by atoms with Gasteiger partial charge in [0.1, 0.15) is 0 Å². The highest BCUT2D eigenvalue weighted by molar-refractivity contribution is 6.08. The Labute approximate surface area is 271 Å². The van der Waals surface area contributed by atoms with Crippen molar-refractivity contribution in [2.24, 2.45) is 11.8 Å². The Bertz CT molecular complexity index is 1750. The standard InChI is InChI=1S/C24H30O.C19H20O/c1-15-11-16-9-8-10-20(21(16)22(15)25)17-12-18(23(2,3)4)14-19(13-17)24(5,6)7;1-11-8-12(2)17(13(3)9-11)16-7-5-6-15-10-14(4)19(20)18(15)16/h8-10,12-15H,11H2,1-7H3;5-9,14H,10H2,1-4H3. The summed E-state index contributed by atoms with van der Waals surface area (Å²) in [5, 5.41) is 0. The van der Waals surface area contributed by atoms with Gasteiger partial charge in [-0.3, -0.25) is 9.59 Å². The third-order valence-electron chi connectivity index (χ3n) is 9.66. The number of rotatable bonds is 2. The molecule has 2 atom stereocenters. The predicted molar refractivity (Wildman–Crippen MR) is 190 cm³/mol. The summed E-state index contributed by atoms with van der Waals surface area (Å²) in [5.41, 5.74) is 15.5. The monoisotopic (exact) mass is 598 g/mol. The Morgan fingerprint density at radius 3 is 1.42 bits per heavy atom. The maximum Gasteiger partial charge on any atom is 0.166 e. The molecular formula is C43H50O2. The second-order valence-electron chi connectivity index (χ2n) is 15.7. The van der Waals surface area contributed by atoms with Crippen LogP contribution in [0.2, 0.25) is 0 Å². The highest BCUT2D eigenvalue weighted by atomic mass is 16.1. The van der Waals surface area contributed by atoms with Gasteiger partial charge in [-0.15, -0.1) is 0 Å². The van der Waals surface area contributed by atoms with Gasteiger partial charge in [-0.25, -0.2) is 0 Å². The molecule has 0 fully saturated rings. The topological polar surface area (TPSA) is 34.1 Å². The number of Topliss-reactive ketones (excluding diaryl/α,β-unsaturated/α-hetero) is 2. The molecule has 0 amide bonds. The molecule has 2 aliphatic rings. The molecule has 45 heavy (non-hydrogen) atoms. The van der Waals surface area contributed by atoms with E-state index in [1.165, 1.54) is 50.1 Å². The van der Waals surface area contributed by atoms with Gasteiger partial charge in [0.2, 0.25) is 0 Å². The predicted octanol–water partition coefficient (Wildman–Crippen LogP) is 11.0. The van der Waals surface area contributed by atoms with E-state index in [2.05, 4.69) is 129 Å². The van der Waals surface area contributed by atoms with Crippen molar-refractivity contribution >= 4 is 11.6 Å². The fourth-order valence-corrected chi connectivity index (χ4v) is 7.16. The molecule has 0 saturated carbocycles. The van der Waals surface area contributed by atoms with Gasteiger partial charge in [0.05, 0.1) is 0 Å². The molecule has 0 aromatic heterocycles. The van der Waals surface area contributed by atoms with Crippen LogP contribution in [0.5, 0.6) is 0 Å². The third kappa shape index (κ3) is 6.35. The molecule has 2 unspecified atom stereocenters. The molecule has 0 radical (unpaired) electrons. The smallest absolute Gasteiger partial charge is 0.166 e. The van der Waals surface area contributed by atoms with E-state index >= 15 is 0 Å². The van der Waals surface area contributed by atoms with E-state index in [4.69, 9.17) is 0 Å². The molecule has 2 aliphatic carbocycles. The van der Waals surface area contributed by atoms with Crippen molar-refractivity contribution in [3.63, 3.8) is 0 Å². The second kappa shape index (κ2) is 11.9. The van der Waals surface area contributed by atoms with E-state index < -0.39 is 0 Å². The molecule has 4 aromatic carbocycles. The van der Waals surface area contributed by atoms with E-state index in [1.54, 1.807) is 0 Å². The Kier molecular flexibility index (Phi) is 8.60. The van der Waals surface area contributed by atoms with E-state index in [1.807, 2.05) is 13.8 Å². The van der Waals surface area contributed by atoms with Gasteiger partial charge >= 0.3 is 0 Å². The van der Waals surface area contributed by atoms with E-state index in [0.29, 0.717) is 11.6 Å². The van der Waals surface area contributed by atoms with Crippen molar-refractivity contribution in [1.29, 1.82) is 0 Å². The molecular weight excluding hydrogens is 548 g/mol. The van der Waals surface area contributed by atoms with Gasteiger partial charge in [-0.05, 0) is 100 Å². The van der Waals surface area contributed by atoms with Crippen LogP contribution < -0.4 is 0 Å². The molecule has 0 spiro atoms. The lowest BCUT2D eigenvalue weighted by Gasteiger charge is -2.26. The minimum Gasteiger partial charge on any atom is -0.294 e. The summed E-state index contributed by atoms with van der Waals surface area (Å²) >= 11 is 0. The first-order chi connectivity index (χ1) is 21.0. The van der Waals surface area contributed by atoms with Crippen LogP contribution in [-0.4, -0.2) is 11.6 Å². The van der Waals surface area contributed by atoms with Crippen LogP contribution in [-0.2, 0) is 23.7 Å². The quantitative estimate of drug-likeness (QED) is 0.230. The molecule has 2 heteroatoms. The zero-order valence-corrected chi connectivity index (χ0v) is 29.2. The van der Waals surface area contributed by atoms with Crippen LogP contribution >= 0.6 is 0 Å². The molecule has 234 valence electrons. The zero-order valence-electron chi connectivity index (χ0n) is 29.2. The van der Waals surface area contributed by atoms with Crippen molar-refractivity contribution in [2.45, 2.75) is 99.8 Å². The summed E-state index contributed by atoms with van der Waals surface area (Å²) < 4.78 is 0. The van der Waals surface area contributed by atoms with Crippen LogP contribution in [0, 0.1) is 32.6 Å². The summed E-state index contributed by atoms with van der Waals surface area (Å²) in [4.78, 5) is 25.2. The van der Waals surface area contributed by atoms with Gasteiger partial charge < -0.3 is 0 Å². The van der Waals surface area contributed by atoms with Gasteiger partial charge in [0.25, 0.3) is 0 Å². The zero-order chi connectivity index (χ0) is 33.0. The summed E-state index contributed by atoms with van der Waals surface area (Å²) in [6.45, 7) is 24.0. The highest BCUT2D eigenvalue weighted by Crippen LogP contribution is 2.40. The lowest BCUT2D eigenvalue weighted by atomic mass is 9.78. The number of fused-ring (bicyclic) bond motifs is 2. The van der Waals surface area contributed by atoms with Crippen LogP contribution in [0.4, 0.5) is 0 Å².